The van der Waals surface area contributed by atoms with Crippen molar-refractivity contribution in [2.24, 2.45) is 10.9 Å². The van der Waals surface area contributed by atoms with E-state index in [9.17, 15) is 4.79 Å². The van der Waals surface area contributed by atoms with Gasteiger partial charge in [-0.1, -0.05) is 0 Å². The van der Waals surface area contributed by atoms with Crippen molar-refractivity contribution in [1.82, 2.24) is 0 Å². The van der Waals surface area contributed by atoms with Crippen LogP contribution < -0.4 is 10.9 Å². The van der Waals surface area contributed by atoms with E-state index in [0.717, 1.165) is 0 Å². The molecule has 0 radical (unpaired) electrons. The molecule has 0 spiro atoms. The van der Waals surface area contributed by atoms with Crippen molar-refractivity contribution in [1.29, 1.82) is 0 Å². The van der Waals surface area contributed by atoms with E-state index in [-0.39, 0.29) is 0 Å². The normalized spacial score (nSPS) is 9.36. The summed E-state index contributed by atoms with van der Waals surface area (Å²) < 4.78 is 29.4. The van der Waals surface area contributed by atoms with Crippen LogP contribution in [0.1, 0.15) is 6.92 Å². The number of rotatable bonds is 1. The predicted molar refractivity (Wildman–Crippen MR) is 36.9 cm³/mol. The Morgan fingerprint density at radius 3 is 1.91 bits per heavy atom. The van der Waals surface area contributed by atoms with Gasteiger partial charge in [0.25, 0.3) is 0 Å². The van der Waals surface area contributed by atoms with Gasteiger partial charge in [0, 0.05) is 0 Å². The summed E-state index contributed by atoms with van der Waals surface area (Å²) in [5.41, 5.74) is 4.54. The number of amides is 1. The van der Waals surface area contributed by atoms with Crippen molar-refractivity contribution < 1.29 is 22.5 Å². The lowest BCUT2D eigenvalue weighted by Gasteiger charge is -1.89. The van der Waals surface area contributed by atoms with Gasteiger partial charge in [0.05, 0.1) is 6.61 Å². The van der Waals surface area contributed by atoms with E-state index in [1.165, 1.54) is 0 Å². The average Bonchev–Trinajstić information content (AvgIpc) is 1.58. The van der Waals surface area contributed by atoms with Crippen molar-refractivity contribution in [3.05, 3.63) is 0 Å². The largest absolute Gasteiger partial charge is 0.450 e. The van der Waals surface area contributed by atoms with Gasteiger partial charge in [-0.15, -0.1) is 0 Å². The smallest absolute Gasteiger partial charge is 0.404 e. The van der Waals surface area contributed by atoms with Crippen LogP contribution in [0.4, 0.5) is 4.79 Å². The molecule has 5 N–H and O–H groups in total. The monoisotopic (exact) mass is 186 g/mol. The molecule has 0 saturated heterocycles. The molecular formula is C3H10N2O5S. The number of ether oxygens (including phenoxy) is 1. The Kier molecular flexibility index (Phi) is 6.85. The van der Waals surface area contributed by atoms with Crippen LogP contribution in [0.5, 0.6) is 0 Å². The van der Waals surface area contributed by atoms with E-state index in [4.69, 9.17) is 13.0 Å². The Labute approximate surface area is 64.2 Å². The highest BCUT2D eigenvalue weighted by Crippen LogP contribution is 1.66. The topological polar surface area (TPSA) is 133 Å². The minimum atomic E-state index is -4.17. The van der Waals surface area contributed by atoms with E-state index >= 15 is 0 Å². The summed E-state index contributed by atoms with van der Waals surface area (Å²) in [5, 5.41) is 3.88. The second kappa shape index (κ2) is 5.89. The first kappa shape index (κ1) is 12.8. The van der Waals surface area contributed by atoms with Crippen LogP contribution >= 0.6 is 0 Å². The summed E-state index contributed by atoms with van der Waals surface area (Å²) >= 11 is 0. The first-order chi connectivity index (χ1) is 4.77. The molecule has 0 aromatic rings. The second-order valence-corrected chi connectivity index (χ2v) is 2.30. The molecule has 68 valence electrons. The summed E-state index contributed by atoms with van der Waals surface area (Å²) in [6.45, 7) is 2.06. The number of carbonyl (C=O) groups is 1. The van der Waals surface area contributed by atoms with E-state index in [1.54, 1.807) is 6.92 Å². The van der Waals surface area contributed by atoms with Crippen LogP contribution in [0, 0.1) is 0 Å². The average molecular weight is 186 g/mol. The van der Waals surface area contributed by atoms with Gasteiger partial charge in [0.1, 0.15) is 0 Å². The zero-order valence-electron chi connectivity index (χ0n) is 5.85. The quantitative estimate of drug-likeness (QED) is 0.444. The number of hydrogen-bond donors (Lipinski definition) is 3. The van der Waals surface area contributed by atoms with Crippen LogP contribution in [0.25, 0.3) is 0 Å². The minimum absolute atomic E-state index is 0.356. The number of nitrogens with two attached hydrogens (primary N) is 2. The molecule has 0 aliphatic heterocycles. The third-order valence-corrected chi connectivity index (χ3v) is 0.287. The minimum Gasteiger partial charge on any atom is -0.450 e. The van der Waals surface area contributed by atoms with Crippen LogP contribution in [-0.2, 0) is 15.0 Å². The molecule has 0 aromatic carbocycles. The molecular weight excluding hydrogens is 176 g/mol. The van der Waals surface area contributed by atoms with Gasteiger partial charge >= 0.3 is 16.4 Å². The highest BCUT2D eigenvalue weighted by Gasteiger charge is 1.82. The highest BCUT2D eigenvalue weighted by molar-refractivity contribution is 7.83. The maximum atomic E-state index is 9.60. The fraction of sp³-hybridized carbons (Fsp3) is 0.667. The summed E-state index contributed by atoms with van der Waals surface area (Å²) in [6, 6.07) is 0. The Morgan fingerprint density at radius 1 is 1.64 bits per heavy atom. The van der Waals surface area contributed by atoms with Gasteiger partial charge in [-0.25, -0.2) is 9.93 Å². The first-order valence-electron chi connectivity index (χ1n) is 2.44. The van der Waals surface area contributed by atoms with E-state index in [0.29, 0.717) is 6.61 Å². The van der Waals surface area contributed by atoms with E-state index in [1.807, 2.05) is 0 Å². The van der Waals surface area contributed by atoms with Crippen molar-refractivity contribution in [3.8, 4) is 0 Å². The zero-order valence-corrected chi connectivity index (χ0v) is 6.67. The van der Waals surface area contributed by atoms with Gasteiger partial charge in [0.2, 0.25) is 0 Å². The molecule has 0 fully saturated rings. The molecule has 0 unspecified atom stereocenters. The van der Waals surface area contributed by atoms with E-state index in [2.05, 4.69) is 15.6 Å². The molecule has 0 heterocycles. The summed E-state index contributed by atoms with van der Waals surface area (Å²) in [7, 11) is -4.17. The Morgan fingerprint density at radius 2 is 1.91 bits per heavy atom. The van der Waals surface area contributed by atoms with Gasteiger partial charge in [-0.05, 0) is 6.92 Å². The van der Waals surface area contributed by atoms with Gasteiger partial charge in [-0.3, -0.25) is 4.55 Å². The van der Waals surface area contributed by atoms with Crippen molar-refractivity contribution in [3.63, 3.8) is 0 Å². The van der Waals surface area contributed by atoms with Gasteiger partial charge < -0.3 is 10.5 Å². The van der Waals surface area contributed by atoms with Crippen LogP contribution in [0.15, 0.2) is 0 Å². The Hall–Kier alpha value is -0.860. The number of carbonyl (C=O) groups excluding carboxylic acids is 1. The van der Waals surface area contributed by atoms with Crippen molar-refractivity contribution in [2.45, 2.75) is 6.92 Å². The van der Waals surface area contributed by atoms with Crippen molar-refractivity contribution in [2.75, 3.05) is 6.61 Å². The molecule has 7 nitrogen and oxygen atoms in total. The molecule has 0 saturated carbocycles. The Bertz CT molecular complexity index is 190. The summed E-state index contributed by atoms with van der Waals surface area (Å²) in [6.07, 6.45) is -0.711. The summed E-state index contributed by atoms with van der Waals surface area (Å²) in [4.78, 5) is 9.60. The summed E-state index contributed by atoms with van der Waals surface area (Å²) in [5.74, 6) is 0. The molecule has 11 heavy (non-hydrogen) atoms. The third kappa shape index (κ3) is 102. The molecule has 0 atom stereocenters. The van der Waals surface area contributed by atoms with E-state index < -0.39 is 16.4 Å². The molecule has 0 aliphatic rings. The van der Waals surface area contributed by atoms with Crippen LogP contribution in [0.2, 0.25) is 0 Å². The lowest BCUT2D eigenvalue weighted by molar-refractivity contribution is 0.163. The standard InChI is InChI=1S/C3H7NO2.H3NO3S/c1-2-6-3(4)5;1-5(2,3)4/h2H2,1H3,(H2,4,5);(H3,1,2,3,4). The maximum absolute atomic E-state index is 9.60. The molecule has 8 heteroatoms. The first-order valence-corrected chi connectivity index (χ1v) is 3.95. The van der Waals surface area contributed by atoms with Crippen LogP contribution in [0.3, 0.4) is 0 Å². The molecule has 0 aliphatic carbocycles. The fourth-order valence-electron chi connectivity index (χ4n) is 0.142. The highest BCUT2D eigenvalue weighted by atomic mass is 32.2. The fourth-order valence-corrected chi connectivity index (χ4v) is 0.142. The Balaban J connectivity index is 0. The number of hydrogen-bond acceptors (Lipinski definition) is 4. The molecule has 0 bridgehead atoms. The lowest BCUT2D eigenvalue weighted by Crippen LogP contribution is -2.11. The second-order valence-electron chi connectivity index (χ2n) is 1.27. The zero-order chi connectivity index (χ0) is 9.49. The number of primary amides is 1. The maximum Gasteiger partial charge on any atom is 0.404 e. The molecule has 1 amide bonds. The molecule has 0 rings (SSSR count). The SMILES string of the molecule is CCOC(N)=O.NS(=O)(=O)O. The van der Waals surface area contributed by atoms with Gasteiger partial charge in [0.15, 0.2) is 0 Å². The van der Waals surface area contributed by atoms with Gasteiger partial charge in [-0.2, -0.15) is 8.42 Å². The lowest BCUT2D eigenvalue weighted by atomic mass is 10.9. The van der Waals surface area contributed by atoms with Crippen molar-refractivity contribution >= 4 is 16.4 Å². The molecule has 0 aromatic heterocycles. The predicted octanol–water partition coefficient (Wildman–Crippen LogP) is -1.15. The van der Waals surface area contributed by atoms with Crippen LogP contribution in [-0.4, -0.2) is 25.7 Å². The third-order valence-electron chi connectivity index (χ3n) is 0.287.